The maximum Gasteiger partial charge on any atom is 0.262 e. The third-order valence-electron chi connectivity index (χ3n) is 5.97. The Kier molecular flexibility index (Phi) is 7.47. The van der Waals surface area contributed by atoms with Gasteiger partial charge in [0.1, 0.15) is 5.75 Å². The third kappa shape index (κ3) is 5.51. The van der Waals surface area contributed by atoms with Crippen LogP contribution in [-0.4, -0.2) is 34.9 Å². The average molecular weight is 452 g/mol. The van der Waals surface area contributed by atoms with E-state index in [1.165, 1.54) is 43.9 Å². The van der Waals surface area contributed by atoms with Crippen LogP contribution in [0.5, 0.6) is 5.75 Å². The van der Waals surface area contributed by atoms with Gasteiger partial charge in [0.05, 0.1) is 30.3 Å². The van der Waals surface area contributed by atoms with E-state index >= 15 is 0 Å². The molecule has 1 amide bonds. The molecule has 1 heterocycles. The van der Waals surface area contributed by atoms with Crippen LogP contribution in [0.1, 0.15) is 37.7 Å². The highest BCUT2D eigenvalue weighted by Crippen LogP contribution is 2.23. The molecule has 7 heteroatoms. The molecule has 1 aliphatic carbocycles. The fourth-order valence-corrected chi connectivity index (χ4v) is 4.97. The molecule has 1 fully saturated rings. The second-order valence-electron chi connectivity index (χ2n) is 8.25. The van der Waals surface area contributed by atoms with Crippen molar-refractivity contribution in [3.05, 3.63) is 64.4 Å². The van der Waals surface area contributed by atoms with Crippen molar-refractivity contribution in [1.82, 2.24) is 14.9 Å². The van der Waals surface area contributed by atoms with Gasteiger partial charge in [-0.3, -0.25) is 14.2 Å². The maximum atomic E-state index is 13.2. The number of nitrogens with one attached hydrogen (secondary N) is 1. The van der Waals surface area contributed by atoms with Gasteiger partial charge in [0.2, 0.25) is 5.91 Å². The molecule has 3 aromatic rings. The Morgan fingerprint density at radius 1 is 1.12 bits per heavy atom. The molecule has 4 rings (SSSR count). The van der Waals surface area contributed by atoms with Crippen LogP contribution in [0.3, 0.4) is 0 Å². The van der Waals surface area contributed by atoms with E-state index in [1.807, 2.05) is 42.5 Å². The quantitative estimate of drug-likeness (QED) is 0.410. The molecule has 1 aliphatic rings. The summed E-state index contributed by atoms with van der Waals surface area (Å²) in [6.45, 7) is 1.12. The second kappa shape index (κ2) is 10.7. The van der Waals surface area contributed by atoms with Gasteiger partial charge in [0.25, 0.3) is 5.56 Å². The van der Waals surface area contributed by atoms with Crippen molar-refractivity contribution in [2.24, 2.45) is 5.92 Å². The van der Waals surface area contributed by atoms with Gasteiger partial charge < -0.3 is 10.1 Å². The molecule has 0 bridgehead atoms. The lowest BCUT2D eigenvalue weighted by molar-refractivity contribution is -0.118. The Bertz CT molecular complexity index is 1120. The van der Waals surface area contributed by atoms with Crippen LogP contribution in [0.25, 0.3) is 10.9 Å². The number of hydrogen-bond acceptors (Lipinski definition) is 5. The topological polar surface area (TPSA) is 73.2 Å². The molecule has 2 aromatic carbocycles. The summed E-state index contributed by atoms with van der Waals surface area (Å²) in [5.41, 5.74) is 1.51. The fourth-order valence-electron chi connectivity index (χ4n) is 4.14. The number of carbonyl (C=O) groups excluding carboxylic acids is 1. The molecule has 0 atom stereocenters. The summed E-state index contributed by atoms with van der Waals surface area (Å²) in [5, 5.41) is 4.20. The second-order valence-corrected chi connectivity index (χ2v) is 9.19. The standard InChI is InChI=1S/C25H29N3O3S/c1-31-20-13-11-19(12-14-20)16-28-24(30)21-9-5-6-10-22(21)27-25(28)32-17-23(29)26-15-18-7-3-2-4-8-18/h5-6,9-14,18H,2-4,7-8,15-17H2,1H3,(H,26,29). The van der Waals surface area contributed by atoms with Gasteiger partial charge in [-0.2, -0.15) is 0 Å². The molecular weight excluding hydrogens is 422 g/mol. The molecule has 168 valence electrons. The molecule has 0 radical (unpaired) electrons. The lowest BCUT2D eigenvalue weighted by Crippen LogP contribution is -2.32. The largest absolute Gasteiger partial charge is 0.497 e. The number of amides is 1. The highest BCUT2D eigenvalue weighted by Gasteiger charge is 2.16. The van der Waals surface area contributed by atoms with Gasteiger partial charge in [-0.1, -0.05) is 55.3 Å². The summed E-state index contributed by atoms with van der Waals surface area (Å²) in [6.07, 6.45) is 6.21. The smallest absolute Gasteiger partial charge is 0.262 e. The number of thioether (sulfide) groups is 1. The van der Waals surface area contributed by atoms with Gasteiger partial charge in [0, 0.05) is 6.54 Å². The third-order valence-corrected chi connectivity index (χ3v) is 6.95. The van der Waals surface area contributed by atoms with E-state index in [-0.39, 0.29) is 17.2 Å². The molecule has 1 aromatic heterocycles. The van der Waals surface area contributed by atoms with E-state index in [0.717, 1.165) is 17.9 Å². The predicted molar refractivity (Wildman–Crippen MR) is 128 cm³/mol. The van der Waals surface area contributed by atoms with Crippen molar-refractivity contribution in [1.29, 1.82) is 0 Å². The summed E-state index contributed by atoms with van der Waals surface area (Å²) < 4.78 is 6.88. The normalized spacial score (nSPS) is 14.4. The Morgan fingerprint density at radius 2 is 1.88 bits per heavy atom. The molecule has 0 spiro atoms. The van der Waals surface area contributed by atoms with Crippen LogP contribution in [0, 0.1) is 5.92 Å². The molecular formula is C25H29N3O3S. The van der Waals surface area contributed by atoms with Crippen LogP contribution in [0.2, 0.25) is 0 Å². The van der Waals surface area contributed by atoms with Crippen LogP contribution in [-0.2, 0) is 11.3 Å². The maximum absolute atomic E-state index is 13.2. The zero-order valence-corrected chi connectivity index (χ0v) is 19.2. The van der Waals surface area contributed by atoms with Gasteiger partial charge in [0.15, 0.2) is 5.16 Å². The Balaban J connectivity index is 1.51. The van der Waals surface area contributed by atoms with E-state index in [2.05, 4.69) is 5.32 Å². The van der Waals surface area contributed by atoms with Gasteiger partial charge in [-0.25, -0.2) is 4.98 Å². The number of benzene rings is 2. The van der Waals surface area contributed by atoms with Crippen LogP contribution in [0.4, 0.5) is 0 Å². The molecule has 32 heavy (non-hydrogen) atoms. The Hall–Kier alpha value is -2.80. The minimum Gasteiger partial charge on any atom is -0.497 e. The van der Waals surface area contributed by atoms with Gasteiger partial charge >= 0.3 is 0 Å². The Morgan fingerprint density at radius 3 is 2.62 bits per heavy atom. The lowest BCUT2D eigenvalue weighted by Gasteiger charge is -2.21. The number of ether oxygens (including phenoxy) is 1. The minimum absolute atomic E-state index is 0.0148. The zero-order valence-electron chi connectivity index (χ0n) is 18.4. The van der Waals surface area contributed by atoms with Crippen molar-refractivity contribution < 1.29 is 9.53 Å². The molecule has 0 unspecified atom stereocenters. The SMILES string of the molecule is COc1ccc(Cn2c(SCC(=O)NCC3CCCCC3)nc3ccccc3c2=O)cc1. The van der Waals surface area contributed by atoms with Crippen LogP contribution >= 0.6 is 11.8 Å². The summed E-state index contributed by atoms with van der Waals surface area (Å²) in [4.78, 5) is 30.4. The number of carbonyl (C=O) groups is 1. The minimum atomic E-state index is -0.100. The number of methoxy groups -OCH3 is 1. The monoisotopic (exact) mass is 451 g/mol. The summed E-state index contributed by atoms with van der Waals surface area (Å²) >= 11 is 1.31. The van der Waals surface area contributed by atoms with Crippen molar-refractivity contribution >= 4 is 28.6 Å². The van der Waals surface area contributed by atoms with Gasteiger partial charge in [-0.05, 0) is 48.6 Å². The summed E-state index contributed by atoms with van der Waals surface area (Å²) in [7, 11) is 1.63. The Labute approximate surface area is 192 Å². The van der Waals surface area contributed by atoms with Crippen LogP contribution in [0.15, 0.2) is 58.5 Å². The van der Waals surface area contributed by atoms with E-state index in [1.54, 1.807) is 17.7 Å². The number of fused-ring (bicyclic) bond motifs is 1. The van der Waals surface area contributed by atoms with Crippen molar-refractivity contribution in [2.45, 2.75) is 43.8 Å². The first-order valence-electron chi connectivity index (χ1n) is 11.2. The molecule has 1 saturated carbocycles. The molecule has 1 N–H and O–H groups in total. The summed E-state index contributed by atoms with van der Waals surface area (Å²) in [5.74, 6) is 1.57. The lowest BCUT2D eigenvalue weighted by atomic mass is 9.89. The first kappa shape index (κ1) is 22.4. The highest BCUT2D eigenvalue weighted by atomic mass is 32.2. The van der Waals surface area contributed by atoms with Crippen molar-refractivity contribution in [3.63, 3.8) is 0 Å². The van der Waals surface area contributed by atoms with Gasteiger partial charge in [-0.15, -0.1) is 0 Å². The first-order chi connectivity index (χ1) is 15.6. The van der Waals surface area contributed by atoms with E-state index in [4.69, 9.17) is 9.72 Å². The van der Waals surface area contributed by atoms with E-state index < -0.39 is 0 Å². The molecule has 6 nitrogen and oxygen atoms in total. The predicted octanol–water partition coefficient (Wildman–Crippen LogP) is 4.24. The molecule has 0 aliphatic heterocycles. The first-order valence-corrected chi connectivity index (χ1v) is 12.1. The fraction of sp³-hybridized carbons (Fsp3) is 0.400. The number of aromatic nitrogens is 2. The number of hydrogen-bond donors (Lipinski definition) is 1. The highest BCUT2D eigenvalue weighted by molar-refractivity contribution is 7.99. The van der Waals surface area contributed by atoms with E-state index in [0.29, 0.717) is 28.5 Å². The number of rotatable bonds is 8. The zero-order chi connectivity index (χ0) is 22.3. The van der Waals surface area contributed by atoms with Crippen LogP contribution < -0.4 is 15.6 Å². The summed E-state index contributed by atoms with van der Waals surface area (Å²) in [6, 6.07) is 15.0. The number of nitrogens with zero attached hydrogens (tertiary/aromatic N) is 2. The van der Waals surface area contributed by atoms with Crippen molar-refractivity contribution in [3.8, 4) is 5.75 Å². The number of para-hydroxylation sites is 1. The van der Waals surface area contributed by atoms with Crippen molar-refractivity contribution in [2.75, 3.05) is 19.4 Å². The molecule has 0 saturated heterocycles. The van der Waals surface area contributed by atoms with E-state index in [9.17, 15) is 9.59 Å². The average Bonchev–Trinajstić information content (AvgIpc) is 2.84.